The Hall–Kier alpha value is -0.970. The predicted octanol–water partition coefficient (Wildman–Crippen LogP) is 1.07. The van der Waals surface area contributed by atoms with Gasteiger partial charge in [0.15, 0.2) is 0 Å². The Labute approximate surface area is 86.0 Å². The molecule has 0 bridgehead atoms. The summed E-state index contributed by atoms with van der Waals surface area (Å²) in [4.78, 5) is 15.9. The van der Waals surface area contributed by atoms with E-state index in [-0.39, 0.29) is 16.6 Å². The lowest BCUT2D eigenvalue weighted by atomic mass is 10.3. The monoisotopic (exact) mass is 212 g/mol. The quantitative estimate of drug-likeness (QED) is 0.698. The maximum Gasteiger partial charge on any atom is 0.296 e. The number of rotatable bonds is 0. The van der Waals surface area contributed by atoms with Crippen molar-refractivity contribution in [2.45, 2.75) is 25.6 Å². The number of hydrogen-bond acceptors (Lipinski definition) is 4. The molecular weight excluding hydrogens is 200 g/mol. The Kier molecular flexibility index (Phi) is 2.26. The summed E-state index contributed by atoms with van der Waals surface area (Å²) in [6, 6.07) is 0. The third-order valence-corrected chi connectivity index (χ3v) is 3.52. The van der Waals surface area contributed by atoms with Gasteiger partial charge in [-0.05, 0) is 13.8 Å². The molecule has 1 aliphatic heterocycles. The number of thioether (sulfide) groups is 1. The van der Waals surface area contributed by atoms with E-state index in [9.17, 15) is 9.90 Å². The van der Waals surface area contributed by atoms with Gasteiger partial charge in [-0.15, -0.1) is 11.8 Å². The van der Waals surface area contributed by atoms with Crippen LogP contribution in [0.1, 0.15) is 23.7 Å². The van der Waals surface area contributed by atoms with E-state index >= 15 is 0 Å². The fourth-order valence-corrected chi connectivity index (χ4v) is 2.56. The van der Waals surface area contributed by atoms with E-state index in [2.05, 4.69) is 4.98 Å². The van der Waals surface area contributed by atoms with Crippen molar-refractivity contribution in [1.29, 1.82) is 0 Å². The number of fused-ring (bicyclic) bond motifs is 1. The maximum atomic E-state index is 11.6. The second kappa shape index (κ2) is 3.31. The second-order valence-electron chi connectivity index (χ2n) is 3.37. The van der Waals surface area contributed by atoms with Gasteiger partial charge in [-0.1, -0.05) is 0 Å². The van der Waals surface area contributed by atoms with Gasteiger partial charge < -0.3 is 5.11 Å². The van der Waals surface area contributed by atoms with Gasteiger partial charge in [-0.25, -0.2) is 4.98 Å². The summed E-state index contributed by atoms with van der Waals surface area (Å²) >= 11 is 1.78. The summed E-state index contributed by atoms with van der Waals surface area (Å²) in [7, 11) is 0. The van der Waals surface area contributed by atoms with Crippen LogP contribution in [0.2, 0.25) is 0 Å². The summed E-state index contributed by atoms with van der Waals surface area (Å²) in [5, 5.41) is 9.68. The summed E-state index contributed by atoms with van der Waals surface area (Å²) < 4.78 is 1.57. The van der Waals surface area contributed by atoms with Gasteiger partial charge in [-0.3, -0.25) is 9.36 Å². The van der Waals surface area contributed by atoms with Crippen molar-refractivity contribution in [2.24, 2.45) is 0 Å². The van der Waals surface area contributed by atoms with Crippen molar-refractivity contribution in [3.8, 4) is 5.75 Å². The summed E-state index contributed by atoms with van der Waals surface area (Å²) in [5.74, 6) is 1.47. The topological polar surface area (TPSA) is 55.1 Å². The molecule has 2 heterocycles. The smallest absolute Gasteiger partial charge is 0.296 e. The molecule has 0 amide bonds. The van der Waals surface area contributed by atoms with E-state index in [0.717, 1.165) is 11.6 Å². The standard InChI is InChI=1S/C9H12N2O2S/c1-5-7(12)9(13)11-3-4-14-6(2)8(11)10-5/h6,12H,3-4H2,1-2H3. The van der Waals surface area contributed by atoms with Crippen molar-refractivity contribution < 1.29 is 5.11 Å². The molecule has 1 unspecified atom stereocenters. The molecule has 1 atom stereocenters. The first-order valence-electron chi connectivity index (χ1n) is 4.53. The van der Waals surface area contributed by atoms with Crippen LogP contribution in [-0.2, 0) is 6.54 Å². The minimum atomic E-state index is -0.306. The van der Waals surface area contributed by atoms with Gasteiger partial charge in [0.05, 0.1) is 10.9 Å². The van der Waals surface area contributed by atoms with Crippen molar-refractivity contribution in [3.63, 3.8) is 0 Å². The van der Waals surface area contributed by atoms with E-state index in [1.807, 2.05) is 6.92 Å². The first-order valence-corrected chi connectivity index (χ1v) is 5.58. The van der Waals surface area contributed by atoms with Gasteiger partial charge in [0.1, 0.15) is 5.82 Å². The van der Waals surface area contributed by atoms with Crippen LogP contribution in [0.25, 0.3) is 0 Å². The maximum absolute atomic E-state index is 11.6. The lowest BCUT2D eigenvalue weighted by molar-refractivity contribution is 0.442. The van der Waals surface area contributed by atoms with Gasteiger partial charge >= 0.3 is 0 Å². The fourth-order valence-electron chi connectivity index (χ4n) is 1.59. The van der Waals surface area contributed by atoms with Crippen LogP contribution in [-0.4, -0.2) is 20.4 Å². The highest BCUT2D eigenvalue weighted by Gasteiger charge is 2.21. The van der Waals surface area contributed by atoms with Crippen molar-refractivity contribution in [1.82, 2.24) is 9.55 Å². The minimum absolute atomic E-state index is 0.215. The molecule has 4 nitrogen and oxygen atoms in total. The Morgan fingerprint density at radius 2 is 2.36 bits per heavy atom. The Morgan fingerprint density at radius 1 is 1.64 bits per heavy atom. The molecule has 76 valence electrons. The molecule has 0 saturated heterocycles. The van der Waals surface area contributed by atoms with Crippen LogP contribution >= 0.6 is 11.8 Å². The summed E-state index contributed by atoms with van der Waals surface area (Å²) in [6.45, 7) is 4.33. The normalized spacial score (nSPS) is 20.6. The SMILES string of the molecule is Cc1nc2n(c(=O)c1O)CCSC2C. The molecule has 1 N–H and O–H groups in total. The van der Waals surface area contributed by atoms with Gasteiger partial charge in [-0.2, -0.15) is 0 Å². The average molecular weight is 212 g/mol. The number of hydrogen-bond donors (Lipinski definition) is 1. The van der Waals surface area contributed by atoms with Gasteiger partial charge in [0.25, 0.3) is 5.56 Å². The highest BCUT2D eigenvalue weighted by atomic mass is 32.2. The summed E-state index contributed by atoms with van der Waals surface area (Å²) in [5.41, 5.74) is 0.121. The minimum Gasteiger partial charge on any atom is -0.502 e. The molecule has 0 spiro atoms. The Morgan fingerprint density at radius 3 is 3.07 bits per heavy atom. The van der Waals surface area contributed by atoms with E-state index in [0.29, 0.717) is 12.2 Å². The van der Waals surface area contributed by atoms with E-state index in [4.69, 9.17) is 0 Å². The highest BCUT2D eigenvalue weighted by molar-refractivity contribution is 7.99. The van der Waals surface area contributed by atoms with Crippen LogP contribution in [0, 0.1) is 6.92 Å². The second-order valence-corrected chi connectivity index (χ2v) is 4.82. The number of aromatic hydroxyl groups is 1. The first-order chi connectivity index (χ1) is 6.61. The van der Waals surface area contributed by atoms with Crippen LogP contribution in [0.5, 0.6) is 5.75 Å². The van der Waals surface area contributed by atoms with E-state index in [1.165, 1.54) is 0 Å². The van der Waals surface area contributed by atoms with Crippen LogP contribution < -0.4 is 5.56 Å². The lowest BCUT2D eigenvalue weighted by Crippen LogP contribution is -2.30. The highest BCUT2D eigenvalue weighted by Crippen LogP contribution is 2.30. The molecular formula is C9H12N2O2S. The Balaban J connectivity index is 2.70. The predicted molar refractivity (Wildman–Crippen MR) is 55.8 cm³/mol. The molecule has 1 aromatic heterocycles. The molecule has 1 aliphatic rings. The van der Waals surface area contributed by atoms with Crippen molar-refractivity contribution in [2.75, 3.05) is 5.75 Å². The van der Waals surface area contributed by atoms with Crippen LogP contribution in [0.15, 0.2) is 4.79 Å². The number of nitrogens with zero attached hydrogens (tertiary/aromatic N) is 2. The Bertz CT molecular complexity index is 428. The average Bonchev–Trinajstić information content (AvgIpc) is 2.17. The third-order valence-electron chi connectivity index (χ3n) is 2.40. The molecule has 2 rings (SSSR count). The van der Waals surface area contributed by atoms with Crippen molar-refractivity contribution in [3.05, 3.63) is 21.9 Å². The van der Waals surface area contributed by atoms with Gasteiger partial charge in [0.2, 0.25) is 5.75 Å². The molecule has 1 aromatic rings. The molecule has 0 radical (unpaired) electrons. The molecule has 5 heteroatoms. The molecule has 0 saturated carbocycles. The zero-order chi connectivity index (χ0) is 10.3. The number of aromatic nitrogens is 2. The number of aryl methyl sites for hydroxylation is 1. The third kappa shape index (κ3) is 1.32. The summed E-state index contributed by atoms with van der Waals surface area (Å²) in [6.07, 6.45) is 0. The molecule has 0 aromatic carbocycles. The van der Waals surface area contributed by atoms with E-state index in [1.54, 1.807) is 23.3 Å². The first kappa shape index (κ1) is 9.58. The van der Waals surface area contributed by atoms with Crippen LogP contribution in [0.3, 0.4) is 0 Å². The van der Waals surface area contributed by atoms with Crippen LogP contribution in [0.4, 0.5) is 0 Å². The van der Waals surface area contributed by atoms with Crippen molar-refractivity contribution >= 4 is 11.8 Å². The lowest BCUT2D eigenvalue weighted by Gasteiger charge is -2.22. The largest absolute Gasteiger partial charge is 0.502 e. The zero-order valence-electron chi connectivity index (χ0n) is 8.15. The molecule has 0 aliphatic carbocycles. The fraction of sp³-hybridized carbons (Fsp3) is 0.556. The molecule has 14 heavy (non-hydrogen) atoms. The van der Waals surface area contributed by atoms with E-state index < -0.39 is 0 Å². The zero-order valence-corrected chi connectivity index (χ0v) is 8.97. The van der Waals surface area contributed by atoms with Gasteiger partial charge in [0, 0.05) is 12.3 Å². The molecule has 0 fully saturated rings.